The molecule has 0 atom stereocenters. The normalized spacial score (nSPS) is 10.9. The Morgan fingerprint density at radius 1 is 1.28 bits per heavy atom. The number of hydrogen-bond donors (Lipinski definition) is 1. The van der Waals surface area contributed by atoms with Gasteiger partial charge >= 0.3 is 5.97 Å². The highest BCUT2D eigenvalue weighted by Gasteiger charge is 2.01. The van der Waals surface area contributed by atoms with E-state index in [0.717, 1.165) is 10.9 Å². The number of carboxylic acids is 1. The van der Waals surface area contributed by atoms with Gasteiger partial charge < -0.3 is 9.84 Å². The maximum atomic E-state index is 10.3. The average Bonchev–Trinajstić information content (AvgIpc) is 2.38. The Morgan fingerprint density at radius 2 is 2.11 bits per heavy atom. The number of rotatable bonds is 5. The molecule has 0 spiro atoms. The molecule has 1 N–H and O–H groups in total. The highest BCUT2D eigenvalue weighted by molar-refractivity contribution is 5.84. The third-order valence-corrected chi connectivity index (χ3v) is 2.39. The predicted octanol–water partition coefficient (Wildman–Crippen LogP) is 2.64. The molecule has 0 saturated carbocycles. The van der Waals surface area contributed by atoms with Gasteiger partial charge in [0.25, 0.3) is 0 Å². The first-order valence-electron chi connectivity index (χ1n) is 5.61. The fraction of sp³-hybridized carbons (Fsp3) is 0.143. The minimum Gasteiger partial charge on any atom is -0.487 e. The van der Waals surface area contributed by atoms with Crippen LogP contribution in [0.5, 0.6) is 5.75 Å². The van der Waals surface area contributed by atoms with Gasteiger partial charge in [0, 0.05) is 11.6 Å². The maximum Gasteiger partial charge on any atom is 0.307 e. The van der Waals surface area contributed by atoms with Gasteiger partial charge in [-0.25, -0.2) is 0 Å². The molecule has 92 valence electrons. The van der Waals surface area contributed by atoms with Crippen molar-refractivity contribution in [2.24, 2.45) is 0 Å². The molecule has 2 rings (SSSR count). The molecule has 1 aromatic carbocycles. The van der Waals surface area contributed by atoms with Crippen molar-refractivity contribution in [2.75, 3.05) is 6.61 Å². The van der Waals surface area contributed by atoms with E-state index in [9.17, 15) is 4.79 Å². The van der Waals surface area contributed by atoms with Crippen molar-refractivity contribution in [1.82, 2.24) is 4.98 Å². The lowest BCUT2D eigenvalue weighted by atomic mass is 10.2. The van der Waals surface area contributed by atoms with E-state index in [-0.39, 0.29) is 6.42 Å². The highest BCUT2D eigenvalue weighted by atomic mass is 16.5. The first-order valence-corrected chi connectivity index (χ1v) is 5.61. The van der Waals surface area contributed by atoms with E-state index in [1.54, 1.807) is 18.3 Å². The number of aliphatic carboxylic acids is 1. The summed E-state index contributed by atoms with van der Waals surface area (Å²) in [6.07, 6.45) is 4.99. The molecule has 1 heterocycles. The molecule has 0 radical (unpaired) electrons. The molecule has 0 bridgehead atoms. The van der Waals surface area contributed by atoms with Crippen LogP contribution in [0, 0.1) is 0 Å². The number of hydrogen-bond acceptors (Lipinski definition) is 3. The van der Waals surface area contributed by atoms with Gasteiger partial charge in [0.15, 0.2) is 0 Å². The first-order chi connectivity index (χ1) is 8.77. The van der Waals surface area contributed by atoms with Gasteiger partial charge in [0.05, 0.1) is 6.42 Å². The van der Waals surface area contributed by atoms with E-state index in [4.69, 9.17) is 9.84 Å². The van der Waals surface area contributed by atoms with Gasteiger partial charge in [-0.05, 0) is 12.1 Å². The lowest BCUT2D eigenvalue weighted by Crippen LogP contribution is -1.96. The molecule has 4 heteroatoms. The summed E-state index contributed by atoms with van der Waals surface area (Å²) in [7, 11) is 0. The number of nitrogens with zero attached hydrogens (tertiary/aromatic N) is 1. The quantitative estimate of drug-likeness (QED) is 0.820. The second-order valence-electron chi connectivity index (χ2n) is 3.71. The second-order valence-corrected chi connectivity index (χ2v) is 3.71. The molecular weight excluding hydrogens is 230 g/mol. The Balaban J connectivity index is 2.04. The molecule has 0 amide bonds. The topological polar surface area (TPSA) is 59.4 Å². The summed E-state index contributed by atoms with van der Waals surface area (Å²) in [6.45, 7) is 0.336. The number of para-hydroxylation sites is 1. The molecule has 1 aromatic heterocycles. The van der Waals surface area contributed by atoms with E-state index in [0.29, 0.717) is 12.4 Å². The second kappa shape index (κ2) is 5.82. The van der Waals surface area contributed by atoms with Gasteiger partial charge in [-0.1, -0.05) is 30.4 Å². The zero-order valence-electron chi connectivity index (χ0n) is 9.74. The molecular formula is C14H13NO3. The van der Waals surface area contributed by atoms with E-state index in [1.807, 2.05) is 30.3 Å². The van der Waals surface area contributed by atoms with Crippen LogP contribution in [-0.4, -0.2) is 22.7 Å². The summed E-state index contributed by atoms with van der Waals surface area (Å²) >= 11 is 0. The Morgan fingerprint density at radius 3 is 2.94 bits per heavy atom. The molecule has 0 saturated heterocycles. The van der Waals surface area contributed by atoms with Crippen molar-refractivity contribution < 1.29 is 14.6 Å². The molecule has 18 heavy (non-hydrogen) atoms. The SMILES string of the molecule is O=C(O)C/C=C/COc1cccc2cccnc12. The van der Waals surface area contributed by atoms with E-state index in [1.165, 1.54) is 0 Å². The van der Waals surface area contributed by atoms with Gasteiger partial charge in [0.1, 0.15) is 17.9 Å². The first kappa shape index (κ1) is 12.1. The standard InChI is InChI=1S/C14H13NO3/c16-13(17)8-1-2-10-18-12-7-3-5-11-6-4-9-15-14(11)12/h1-7,9H,8,10H2,(H,16,17)/b2-1+. The summed E-state index contributed by atoms with van der Waals surface area (Å²) in [5, 5.41) is 9.49. The maximum absolute atomic E-state index is 10.3. The van der Waals surface area contributed by atoms with Crippen LogP contribution in [0.2, 0.25) is 0 Å². The van der Waals surface area contributed by atoms with Crippen molar-refractivity contribution in [3.8, 4) is 5.75 Å². The highest BCUT2D eigenvalue weighted by Crippen LogP contribution is 2.22. The Labute approximate surface area is 105 Å². The zero-order chi connectivity index (χ0) is 12.8. The molecule has 0 fully saturated rings. The monoisotopic (exact) mass is 243 g/mol. The summed E-state index contributed by atoms with van der Waals surface area (Å²) in [4.78, 5) is 14.6. The summed E-state index contributed by atoms with van der Waals surface area (Å²) < 4.78 is 5.56. The van der Waals surface area contributed by atoms with Crippen LogP contribution in [-0.2, 0) is 4.79 Å². The van der Waals surface area contributed by atoms with Crippen molar-refractivity contribution >= 4 is 16.9 Å². The van der Waals surface area contributed by atoms with Crippen LogP contribution in [0.3, 0.4) is 0 Å². The average molecular weight is 243 g/mol. The van der Waals surface area contributed by atoms with Crippen molar-refractivity contribution in [3.63, 3.8) is 0 Å². The summed E-state index contributed by atoms with van der Waals surface area (Å²) in [5.41, 5.74) is 0.812. The Hall–Kier alpha value is -2.36. The van der Waals surface area contributed by atoms with Crippen molar-refractivity contribution in [1.29, 1.82) is 0 Å². The van der Waals surface area contributed by atoms with Crippen LogP contribution in [0.4, 0.5) is 0 Å². The fourth-order valence-electron chi connectivity index (χ4n) is 1.58. The molecule has 0 unspecified atom stereocenters. The van der Waals surface area contributed by atoms with Gasteiger partial charge in [-0.3, -0.25) is 9.78 Å². The third kappa shape index (κ3) is 3.07. The van der Waals surface area contributed by atoms with Gasteiger partial charge in [-0.15, -0.1) is 0 Å². The number of aromatic nitrogens is 1. The molecule has 0 aliphatic heterocycles. The summed E-state index contributed by atoms with van der Waals surface area (Å²) in [5.74, 6) is -0.147. The van der Waals surface area contributed by atoms with Crippen LogP contribution in [0.25, 0.3) is 10.9 Å². The van der Waals surface area contributed by atoms with Crippen molar-refractivity contribution in [2.45, 2.75) is 6.42 Å². The molecule has 0 aliphatic carbocycles. The molecule has 0 aliphatic rings. The smallest absolute Gasteiger partial charge is 0.307 e. The largest absolute Gasteiger partial charge is 0.487 e. The van der Waals surface area contributed by atoms with Crippen LogP contribution >= 0.6 is 0 Å². The Kier molecular flexibility index (Phi) is 3.91. The van der Waals surface area contributed by atoms with Gasteiger partial charge in [0.2, 0.25) is 0 Å². The zero-order valence-corrected chi connectivity index (χ0v) is 9.74. The third-order valence-electron chi connectivity index (χ3n) is 2.39. The number of benzene rings is 1. The number of pyridine rings is 1. The number of carbonyl (C=O) groups is 1. The minimum atomic E-state index is -0.849. The summed E-state index contributed by atoms with van der Waals surface area (Å²) in [6, 6.07) is 9.56. The number of fused-ring (bicyclic) bond motifs is 1. The van der Waals surface area contributed by atoms with Crippen LogP contribution in [0.15, 0.2) is 48.7 Å². The number of carboxylic acid groups (broad SMARTS) is 1. The van der Waals surface area contributed by atoms with Crippen LogP contribution < -0.4 is 4.74 Å². The lowest BCUT2D eigenvalue weighted by molar-refractivity contribution is -0.136. The van der Waals surface area contributed by atoms with E-state index < -0.39 is 5.97 Å². The lowest BCUT2D eigenvalue weighted by Gasteiger charge is -2.05. The molecule has 4 nitrogen and oxygen atoms in total. The van der Waals surface area contributed by atoms with Crippen molar-refractivity contribution in [3.05, 3.63) is 48.7 Å². The van der Waals surface area contributed by atoms with E-state index in [2.05, 4.69) is 4.98 Å². The Bertz CT molecular complexity index is 573. The molecule has 2 aromatic rings. The predicted molar refractivity (Wildman–Crippen MR) is 68.6 cm³/mol. The minimum absolute atomic E-state index is 0.0111. The fourth-order valence-corrected chi connectivity index (χ4v) is 1.58. The van der Waals surface area contributed by atoms with Crippen LogP contribution in [0.1, 0.15) is 6.42 Å². The van der Waals surface area contributed by atoms with E-state index >= 15 is 0 Å². The number of ether oxygens (including phenoxy) is 1. The van der Waals surface area contributed by atoms with Gasteiger partial charge in [-0.2, -0.15) is 0 Å².